The predicted octanol–water partition coefficient (Wildman–Crippen LogP) is 21.6. The van der Waals surface area contributed by atoms with Crippen LogP contribution in [0, 0.1) is 0 Å². The molecule has 0 aromatic rings. The van der Waals surface area contributed by atoms with Crippen molar-refractivity contribution in [1.29, 1.82) is 0 Å². The van der Waals surface area contributed by atoms with E-state index in [-0.39, 0.29) is 12.5 Å². The van der Waals surface area contributed by atoms with Crippen LogP contribution in [0.2, 0.25) is 0 Å². The second kappa shape index (κ2) is 66.6. The molecule has 1 heterocycles. The van der Waals surface area contributed by atoms with Gasteiger partial charge in [-0.3, -0.25) is 4.79 Å². The monoisotopic (exact) mass is 1220 g/mol. The Morgan fingerprint density at radius 1 is 0.384 bits per heavy atom. The SMILES string of the molecule is CCCCCCCCCC/C=C\CCCCCCCCCCCCCCCCCCCCCCCCCC(=O)NC(COC1OC(CO)C(O)C(O)C1O)C(O)/C=C/CCCCCCCCCCCCCCCCCCCCCCCCCCCC. The molecule has 1 amide bonds. The van der Waals surface area contributed by atoms with Crippen LogP contribution in [-0.4, -0.2) is 87.5 Å². The molecule has 7 unspecified atom stereocenters. The maximum atomic E-state index is 13.2. The number of carbonyl (C=O) groups excluding carboxylic acids is 1. The van der Waals surface area contributed by atoms with Gasteiger partial charge in [-0.2, -0.15) is 0 Å². The molecule has 6 N–H and O–H groups in total. The molecule has 0 aliphatic carbocycles. The molecule has 1 saturated heterocycles. The van der Waals surface area contributed by atoms with Crippen molar-refractivity contribution in [1.82, 2.24) is 5.32 Å². The van der Waals surface area contributed by atoms with Gasteiger partial charge in [0.25, 0.3) is 0 Å². The molecule has 1 aliphatic rings. The zero-order valence-electron chi connectivity index (χ0n) is 57.4. The minimum Gasteiger partial charge on any atom is -0.394 e. The lowest BCUT2D eigenvalue weighted by Gasteiger charge is -2.40. The predicted molar refractivity (Wildman–Crippen MR) is 369 cm³/mol. The third-order valence-corrected chi connectivity index (χ3v) is 18.8. The number of aliphatic hydroxyl groups is 5. The molecular weight excluding hydrogens is 1070 g/mol. The van der Waals surface area contributed by atoms with E-state index in [4.69, 9.17) is 9.47 Å². The van der Waals surface area contributed by atoms with Gasteiger partial charge in [0, 0.05) is 6.42 Å². The Hall–Kier alpha value is -1.33. The molecule has 0 spiro atoms. The molecule has 0 bridgehead atoms. The van der Waals surface area contributed by atoms with Crippen LogP contribution in [0.4, 0.5) is 0 Å². The Morgan fingerprint density at radius 2 is 0.651 bits per heavy atom. The van der Waals surface area contributed by atoms with E-state index in [0.29, 0.717) is 6.42 Å². The molecule has 7 atom stereocenters. The normalized spacial score (nSPS) is 18.1. The van der Waals surface area contributed by atoms with E-state index in [1.165, 1.54) is 347 Å². The fourth-order valence-corrected chi connectivity index (χ4v) is 12.7. The largest absolute Gasteiger partial charge is 0.394 e. The topological polar surface area (TPSA) is 149 Å². The van der Waals surface area contributed by atoms with Crippen molar-refractivity contribution in [3.63, 3.8) is 0 Å². The second-order valence-corrected chi connectivity index (χ2v) is 27.2. The first-order chi connectivity index (χ1) is 42.3. The smallest absolute Gasteiger partial charge is 0.220 e. The van der Waals surface area contributed by atoms with Crippen LogP contribution in [-0.2, 0) is 14.3 Å². The first kappa shape index (κ1) is 82.7. The number of carbonyl (C=O) groups is 1. The van der Waals surface area contributed by atoms with Gasteiger partial charge in [-0.05, 0) is 44.9 Å². The molecule has 1 fully saturated rings. The third-order valence-electron chi connectivity index (χ3n) is 18.8. The van der Waals surface area contributed by atoms with Gasteiger partial charge in [-0.25, -0.2) is 0 Å². The molecule has 0 saturated carbocycles. The lowest BCUT2D eigenvalue weighted by atomic mass is 9.99. The number of rotatable bonds is 69. The van der Waals surface area contributed by atoms with Crippen molar-refractivity contribution < 1.29 is 39.8 Å². The van der Waals surface area contributed by atoms with Gasteiger partial charge < -0.3 is 40.3 Å². The number of unbranched alkanes of at least 4 members (excludes halogenated alkanes) is 57. The molecule has 1 rings (SSSR count). The minimum absolute atomic E-state index is 0.167. The minimum atomic E-state index is -1.57. The molecule has 1 aliphatic heterocycles. The van der Waals surface area contributed by atoms with Gasteiger partial charge in [-0.15, -0.1) is 0 Å². The van der Waals surface area contributed by atoms with Gasteiger partial charge in [-0.1, -0.05) is 378 Å². The molecule has 9 heteroatoms. The maximum Gasteiger partial charge on any atom is 0.220 e. The van der Waals surface area contributed by atoms with E-state index in [1.807, 2.05) is 6.08 Å². The number of hydrogen-bond donors (Lipinski definition) is 6. The van der Waals surface area contributed by atoms with Crippen molar-refractivity contribution in [2.24, 2.45) is 0 Å². The molecule has 510 valence electrons. The van der Waals surface area contributed by atoms with Crippen LogP contribution in [0.3, 0.4) is 0 Å². The van der Waals surface area contributed by atoms with Crippen LogP contribution in [0.25, 0.3) is 0 Å². The van der Waals surface area contributed by atoms with Crippen LogP contribution < -0.4 is 5.32 Å². The van der Waals surface area contributed by atoms with E-state index >= 15 is 0 Å². The van der Waals surface area contributed by atoms with E-state index in [2.05, 4.69) is 31.3 Å². The Labute approximate surface area is 534 Å². The summed E-state index contributed by atoms with van der Waals surface area (Å²) >= 11 is 0. The van der Waals surface area contributed by atoms with Gasteiger partial charge in [0.1, 0.15) is 24.4 Å². The van der Waals surface area contributed by atoms with Crippen molar-refractivity contribution in [2.45, 2.75) is 448 Å². The van der Waals surface area contributed by atoms with E-state index in [9.17, 15) is 30.3 Å². The first-order valence-electron chi connectivity index (χ1n) is 38.6. The van der Waals surface area contributed by atoms with Gasteiger partial charge >= 0.3 is 0 Å². The highest BCUT2D eigenvalue weighted by molar-refractivity contribution is 5.76. The van der Waals surface area contributed by atoms with Crippen molar-refractivity contribution in [3.05, 3.63) is 24.3 Å². The summed E-state index contributed by atoms with van der Waals surface area (Å²) in [6.07, 6.45) is 81.7. The molecule has 0 radical (unpaired) electrons. The number of ether oxygens (including phenoxy) is 2. The van der Waals surface area contributed by atoms with Gasteiger partial charge in [0.15, 0.2) is 6.29 Å². The Kier molecular flexibility index (Phi) is 64.0. The highest BCUT2D eigenvalue weighted by Crippen LogP contribution is 2.24. The summed E-state index contributed by atoms with van der Waals surface area (Å²) in [5.41, 5.74) is 0. The lowest BCUT2D eigenvalue weighted by molar-refractivity contribution is -0.302. The summed E-state index contributed by atoms with van der Waals surface area (Å²) in [4.78, 5) is 13.2. The van der Waals surface area contributed by atoms with Gasteiger partial charge in [0.2, 0.25) is 5.91 Å². The summed E-state index contributed by atoms with van der Waals surface area (Å²) in [6, 6.07) is -0.804. The molecular formula is C77H149NO8. The number of nitrogens with one attached hydrogen (secondary N) is 1. The molecule has 0 aromatic carbocycles. The fraction of sp³-hybridized carbons (Fsp3) is 0.935. The van der Waals surface area contributed by atoms with Crippen LogP contribution in [0.1, 0.15) is 406 Å². The number of hydrogen-bond acceptors (Lipinski definition) is 8. The summed E-state index contributed by atoms with van der Waals surface area (Å²) < 4.78 is 11.3. The standard InChI is InChI=1S/C77H149NO8/c1-3-5-7-9-11-13-15-17-19-21-23-25-27-29-31-33-34-35-36-37-38-39-41-43-45-47-49-51-53-55-57-59-61-63-65-67-73(81)78-70(69-85-77-76(84)75(83)74(82)72(68-79)86-77)71(80)66-64-62-60-58-56-54-52-50-48-46-44-42-40-32-30-28-26-24-22-20-18-16-14-12-10-8-6-4-2/h21,23,64,66,70-72,74-77,79-80,82-84H,3-20,22,24-63,65,67-69H2,1-2H3,(H,78,81)/b23-21-,66-64+. The summed E-state index contributed by atoms with van der Waals surface area (Å²) in [6.45, 7) is 3.85. The molecule has 86 heavy (non-hydrogen) atoms. The Balaban J connectivity index is 2.07. The highest BCUT2D eigenvalue weighted by atomic mass is 16.7. The highest BCUT2D eigenvalue weighted by Gasteiger charge is 2.44. The van der Waals surface area contributed by atoms with Gasteiger partial charge in [0.05, 0.1) is 25.4 Å². The van der Waals surface area contributed by atoms with Crippen LogP contribution in [0.5, 0.6) is 0 Å². The van der Waals surface area contributed by atoms with Crippen molar-refractivity contribution >= 4 is 5.91 Å². The van der Waals surface area contributed by atoms with Crippen molar-refractivity contribution in [2.75, 3.05) is 13.2 Å². The maximum absolute atomic E-state index is 13.2. The van der Waals surface area contributed by atoms with E-state index < -0.39 is 49.5 Å². The average Bonchev–Trinajstić information content (AvgIpc) is 3.65. The van der Waals surface area contributed by atoms with Crippen LogP contribution in [0.15, 0.2) is 24.3 Å². The first-order valence-corrected chi connectivity index (χ1v) is 38.6. The van der Waals surface area contributed by atoms with E-state index in [1.54, 1.807) is 6.08 Å². The molecule has 9 nitrogen and oxygen atoms in total. The number of amides is 1. The fourth-order valence-electron chi connectivity index (χ4n) is 12.7. The average molecular weight is 1220 g/mol. The second-order valence-electron chi connectivity index (χ2n) is 27.2. The number of allylic oxidation sites excluding steroid dienone is 3. The quantitative estimate of drug-likeness (QED) is 0.0261. The lowest BCUT2D eigenvalue weighted by Crippen LogP contribution is -2.60. The molecule has 0 aromatic heterocycles. The van der Waals surface area contributed by atoms with E-state index in [0.717, 1.165) is 38.5 Å². The van der Waals surface area contributed by atoms with Crippen molar-refractivity contribution in [3.8, 4) is 0 Å². The zero-order chi connectivity index (χ0) is 62.1. The zero-order valence-corrected chi connectivity index (χ0v) is 57.4. The Bertz CT molecular complexity index is 1410. The summed E-state index contributed by atoms with van der Waals surface area (Å²) in [5.74, 6) is -0.167. The Morgan fingerprint density at radius 3 is 0.942 bits per heavy atom. The third kappa shape index (κ3) is 54.4. The summed E-state index contributed by atoms with van der Waals surface area (Å²) in [5, 5.41) is 54.9. The van der Waals surface area contributed by atoms with Crippen LogP contribution >= 0.6 is 0 Å². The number of aliphatic hydroxyl groups excluding tert-OH is 5. The summed E-state index contributed by atoms with van der Waals surface area (Å²) in [7, 11) is 0.